The van der Waals surface area contributed by atoms with E-state index in [1.54, 1.807) is 19.9 Å². The van der Waals surface area contributed by atoms with Gasteiger partial charge in [-0.3, -0.25) is 14.9 Å². The summed E-state index contributed by atoms with van der Waals surface area (Å²) < 4.78 is 0. The summed E-state index contributed by atoms with van der Waals surface area (Å²) in [5.74, 6) is -0.500. The van der Waals surface area contributed by atoms with Crippen LogP contribution in [0.5, 0.6) is 0 Å². The molecule has 0 atom stereocenters. The average molecular weight is 295 g/mol. The van der Waals surface area contributed by atoms with Crippen molar-refractivity contribution in [3.63, 3.8) is 0 Å². The molecule has 1 aromatic rings. The summed E-state index contributed by atoms with van der Waals surface area (Å²) in [5.41, 5.74) is -0.412. The number of anilines is 1. The zero-order valence-electron chi connectivity index (χ0n) is 12.7. The van der Waals surface area contributed by atoms with Crippen molar-refractivity contribution in [1.82, 2.24) is 4.90 Å². The first-order valence-electron chi connectivity index (χ1n) is 6.66. The van der Waals surface area contributed by atoms with Crippen LogP contribution in [0.1, 0.15) is 31.1 Å². The number of amides is 1. The molecule has 0 fully saturated rings. The van der Waals surface area contributed by atoms with E-state index in [9.17, 15) is 20.0 Å². The Balaban J connectivity index is 3.28. The van der Waals surface area contributed by atoms with Crippen LogP contribution in [0, 0.1) is 10.1 Å². The molecule has 0 aliphatic heterocycles. The van der Waals surface area contributed by atoms with Crippen LogP contribution in [0.3, 0.4) is 0 Å². The Morgan fingerprint density at radius 3 is 2.57 bits per heavy atom. The first-order chi connectivity index (χ1) is 9.74. The number of aliphatic hydroxyl groups is 1. The van der Waals surface area contributed by atoms with Gasteiger partial charge < -0.3 is 15.3 Å². The normalized spacial score (nSPS) is 11.1. The van der Waals surface area contributed by atoms with E-state index >= 15 is 0 Å². The number of aliphatic hydroxyl groups excluding tert-OH is 1. The van der Waals surface area contributed by atoms with Gasteiger partial charge in [-0.15, -0.1) is 0 Å². The number of rotatable bonds is 6. The molecule has 1 rings (SSSR count). The second kappa shape index (κ2) is 6.53. The lowest BCUT2D eigenvalue weighted by Gasteiger charge is -2.33. The minimum absolute atomic E-state index is 0.00229. The predicted molar refractivity (Wildman–Crippen MR) is 80.5 cm³/mol. The van der Waals surface area contributed by atoms with Crippen LogP contribution < -0.4 is 5.32 Å². The second-order valence-corrected chi connectivity index (χ2v) is 5.35. The Kier molecular flexibility index (Phi) is 5.26. The van der Waals surface area contributed by atoms with Crippen LogP contribution in [0.4, 0.5) is 11.4 Å². The van der Waals surface area contributed by atoms with E-state index in [0.29, 0.717) is 12.2 Å². The van der Waals surface area contributed by atoms with Gasteiger partial charge in [-0.2, -0.15) is 0 Å². The van der Waals surface area contributed by atoms with Crippen molar-refractivity contribution >= 4 is 17.3 Å². The molecule has 1 amide bonds. The molecule has 0 saturated heterocycles. The maximum Gasteiger partial charge on any atom is 0.282 e. The van der Waals surface area contributed by atoms with Crippen molar-refractivity contribution in [2.24, 2.45) is 0 Å². The molecule has 7 heteroatoms. The smallest absolute Gasteiger partial charge is 0.282 e. The number of nitrogens with one attached hydrogen (secondary N) is 1. The van der Waals surface area contributed by atoms with Crippen LogP contribution >= 0.6 is 0 Å². The van der Waals surface area contributed by atoms with Crippen LogP contribution in [0.15, 0.2) is 18.2 Å². The third-order valence-corrected chi connectivity index (χ3v) is 3.40. The van der Waals surface area contributed by atoms with E-state index < -0.39 is 16.4 Å². The first-order valence-corrected chi connectivity index (χ1v) is 6.66. The van der Waals surface area contributed by atoms with E-state index in [1.807, 2.05) is 6.92 Å². The summed E-state index contributed by atoms with van der Waals surface area (Å²) in [4.78, 5) is 24.3. The van der Waals surface area contributed by atoms with Gasteiger partial charge in [0.1, 0.15) is 5.56 Å². The zero-order valence-corrected chi connectivity index (χ0v) is 12.7. The van der Waals surface area contributed by atoms with Gasteiger partial charge in [-0.05, 0) is 32.9 Å². The lowest BCUT2D eigenvalue weighted by Crippen LogP contribution is -2.47. The van der Waals surface area contributed by atoms with E-state index in [0.717, 1.165) is 0 Å². The summed E-state index contributed by atoms with van der Waals surface area (Å²) in [6, 6.07) is 4.34. The number of carbonyl (C=O) groups excluding carboxylic acids is 1. The maximum atomic E-state index is 12.5. The molecule has 0 radical (unpaired) electrons. The number of nitro benzene ring substituents is 1. The first kappa shape index (κ1) is 16.9. The van der Waals surface area contributed by atoms with Crippen molar-refractivity contribution < 1.29 is 14.8 Å². The number of nitro groups is 1. The quantitative estimate of drug-likeness (QED) is 0.617. The lowest BCUT2D eigenvalue weighted by molar-refractivity contribution is -0.385. The topological polar surface area (TPSA) is 95.7 Å². The van der Waals surface area contributed by atoms with Gasteiger partial charge in [-0.1, -0.05) is 0 Å². The van der Waals surface area contributed by atoms with Gasteiger partial charge in [0.15, 0.2) is 0 Å². The standard InChI is InChI=1S/C14H21N3O4/c1-5-15-10-6-7-12(17(20)21)11(8-10)13(19)16(4)14(2,3)9-18/h6-8,15,18H,5,9H2,1-4H3. The third kappa shape index (κ3) is 3.69. The summed E-state index contributed by atoms with van der Waals surface area (Å²) in [6.07, 6.45) is 0. The molecule has 0 unspecified atom stereocenters. The fraction of sp³-hybridized carbons (Fsp3) is 0.500. The van der Waals surface area contributed by atoms with Gasteiger partial charge in [-0.25, -0.2) is 0 Å². The Morgan fingerprint density at radius 2 is 2.10 bits per heavy atom. The Labute approximate surface area is 123 Å². The van der Waals surface area contributed by atoms with E-state index in [1.165, 1.54) is 24.1 Å². The second-order valence-electron chi connectivity index (χ2n) is 5.35. The lowest BCUT2D eigenvalue weighted by atomic mass is 10.0. The highest BCUT2D eigenvalue weighted by Gasteiger charge is 2.31. The van der Waals surface area contributed by atoms with Crippen molar-refractivity contribution in [2.75, 3.05) is 25.5 Å². The number of hydrogen-bond donors (Lipinski definition) is 2. The summed E-state index contributed by atoms with van der Waals surface area (Å²) >= 11 is 0. The summed E-state index contributed by atoms with van der Waals surface area (Å²) in [5, 5.41) is 23.5. The van der Waals surface area contributed by atoms with E-state index in [2.05, 4.69) is 5.32 Å². The molecule has 0 aliphatic rings. The molecule has 0 spiro atoms. The number of benzene rings is 1. The van der Waals surface area contributed by atoms with Gasteiger partial charge >= 0.3 is 0 Å². The Bertz CT molecular complexity index is 543. The fourth-order valence-electron chi connectivity index (χ4n) is 1.74. The van der Waals surface area contributed by atoms with Gasteiger partial charge in [0.25, 0.3) is 11.6 Å². The van der Waals surface area contributed by atoms with Crippen molar-refractivity contribution in [1.29, 1.82) is 0 Å². The number of likely N-dealkylation sites (N-methyl/N-ethyl adjacent to an activating group) is 1. The molecule has 0 aliphatic carbocycles. The molecule has 0 bridgehead atoms. The molecular formula is C14H21N3O4. The van der Waals surface area contributed by atoms with E-state index in [4.69, 9.17) is 0 Å². The highest BCUT2D eigenvalue weighted by Crippen LogP contribution is 2.26. The molecular weight excluding hydrogens is 274 g/mol. The van der Waals surface area contributed by atoms with Crippen LogP contribution in [-0.4, -0.2) is 46.6 Å². The van der Waals surface area contributed by atoms with Gasteiger partial charge in [0.2, 0.25) is 0 Å². The van der Waals surface area contributed by atoms with E-state index in [-0.39, 0.29) is 17.9 Å². The molecule has 116 valence electrons. The number of hydrogen-bond acceptors (Lipinski definition) is 5. The molecule has 1 aromatic carbocycles. The van der Waals surface area contributed by atoms with Crippen molar-refractivity contribution in [3.8, 4) is 0 Å². The third-order valence-electron chi connectivity index (χ3n) is 3.40. The van der Waals surface area contributed by atoms with Crippen LogP contribution in [0.25, 0.3) is 0 Å². The highest BCUT2D eigenvalue weighted by molar-refractivity contribution is 5.99. The largest absolute Gasteiger partial charge is 0.394 e. The molecule has 0 saturated carbocycles. The van der Waals surface area contributed by atoms with Crippen molar-refractivity contribution in [3.05, 3.63) is 33.9 Å². The molecule has 2 N–H and O–H groups in total. The molecule has 0 aromatic heterocycles. The van der Waals surface area contributed by atoms with Gasteiger partial charge in [0, 0.05) is 25.3 Å². The number of carbonyl (C=O) groups is 1. The molecule has 21 heavy (non-hydrogen) atoms. The minimum Gasteiger partial charge on any atom is -0.394 e. The maximum absolute atomic E-state index is 12.5. The van der Waals surface area contributed by atoms with Crippen LogP contribution in [-0.2, 0) is 0 Å². The fourth-order valence-corrected chi connectivity index (χ4v) is 1.74. The minimum atomic E-state index is -0.806. The monoisotopic (exact) mass is 295 g/mol. The average Bonchev–Trinajstić information content (AvgIpc) is 2.45. The predicted octanol–water partition coefficient (Wildman–Crippen LogP) is 1.87. The van der Waals surface area contributed by atoms with Crippen molar-refractivity contribution in [2.45, 2.75) is 26.3 Å². The number of nitrogens with zero attached hydrogens (tertiary/aromatic N) is 2. The molecule has 0 heterocycles. The summed E-state index contributed by atoms with van der Waals surface area (Å²) in [6.45, 7) is 5.67. The summed E-state index contributed by atoms with van der Waals surface area (Å²) in [7, 11) is 1.52. The SMILES string of the molecule is CCNc1ccc([N+](=O)[O-])c(C(=O)N(C)C(C)(C)CO)c1. The van der Waals surface area contributed by atoms with Gasteiger partial charge in [0.05, 0.1) is 17.1 Å². The zero-order chi connectivity index (χ0) is 16.2. The molecule has 7 nitrogen and oxygen atoms in total. The Morgan fingerprint density at radius 1 is 1.48 bits per heavy atom. The highest BCUT2D eigenvalue weighted by atomic mass is 16.6. The van der Waals surface area contributed by atoms with Crippen LogP contribution in [0.2, 0.25) is 0 Å². The Hall–Kier alpha value is -2.15.